The van der Waals surface area contributed by atoms with E-state index in [1.807, 2.05) is 0 Å². The summed E-state index contributed by atoms with van der Waals surface area (Å²) >= 11 is 3.22. The third-order valence-electron chi connectivity index (χ3n) is 3.83. The van der Waals surface area contributed by atoms with Crippen molar-refractivity contribution in [2.24, 2.45) is 0 Å². The van der Waals surface area contributed by atoms with Crippen molar-refractivity contribution in [2.45, 2.75) is 38.6 Å². The molecule has 0 radical (unpaired) electrons. The summed E-state index contributed by atoms with van der Waals surface area (Å²) in [5.41, 5.74) is 0.160. The van der Waals surface area contributed by atoms with Crippen molar-refractivity contribution in [2.75, 3.05) is 19.6 Å². The number of carbonyl (C=O) groups excluding carboxylic acids is 1. The van der Waals surface area contributed by atoms with E-state index in [0.717, 1.165) is 32.2 Å². The van der Waals surface area contributed by atoms with Crippen LogP contribution in [0, 0.1) is 5.82 Å². The molecule has 1 aliphatic heterocycles. The highest BCUT2D eigenvalue weighted by molar-refractivity contribution is 9.10. The monoisotopic (exact) mass is 356 g/mol. The van der Waals surface area contributed by atoms with E-state index in [4.69, 9.17) is 0 Å². The quantitative estimate of drug-likeness (QED) is 0.844. The summed E-state index contributed by atoms with van der Waals surface area (Å²) in [6.07, 6.45) is 4.19. The Hall–Kier alpha value is -0.940. The molecule has 1 fully saturated rings. The molecule has 2 rings (SSSR count). The lowest BCUT2D eigenvalue weighted by Gasteiger charge is -2.26. The smallest absolute Gasteiger partial charge is 0.256 e. The number of carbonyl (C=O) groups is 1. The Balaban J connectivity index is 2.11. The molecule has 1 amide bonds. The summed E-state index contributed by atoms with van der Waals surface area (Å²) < 4.78 is 14.7. The number of nitrogens with zero attached hydrogens (tertiary/aromatic N) is 1. The second-order valence-electron chi connectivity index (χ2n) is 5.52. The van der Waals surface area contributed by atoms with Gasteiger partial charge < -0.3 is 10.2 Å². The van der Waals surface area contributed by atoms with E-state index in [-0.39, 0.29) is 11.5 Å². The number of unbranched alkanes of at least 4 members (excludes halogenated alkanes) is 1. The first-order valence-corrected chi connectivity index (χ1v) is 8.39. The Kier molecular flexibility index (Phi) is 6.18. The van der Waals surface area contributed by atoms with Crippen molar-refractivity contribution in [3.63, 3.8) is 0 Å². The van der Waals surface area contributed by atoms with Crippen LogP contribution in [0.25, 0.3) is 0 Å². The van der Waals surface area contributed by atoms with Gasteiger partial charge in [0.05, 0.1) is 5.56 Å². The summed E-state index contributed by atoms with van der Waals surface area (Å²) in [5, 5.41) is 3.40. The molecule has 1 heterocycles. The molecular weight excluding hydrogens is 335 g/mol. The predicted octanol–water partition coefficient (Wildman–Crippen LogP) is 3.58. The van der Waals surface area contributed by atoms with Gasteiger partial charge in [-0.25, -0.2) is 4.39 Å². The van der Waals surface area contributed by atoms with Crippen molar-refractivity contribution in [3.8, 4) is 0 Å². The molecule has 116 valence electrons. The van der Waals surface area contributed by atoms with Gasteiger partial charge in [0, 0.05) is 23.6 Å². The van der Waals surface area contributed by atoms with Crippen LogP contribution in [0.1, 0.15) is 43.0 Å². The predicted molar refractivity (Wildman–Crippen MR) is 85.9 cm³/mol. The molecule has 1 N–H and O–H groups in total. The minimum atomic E-state index is -0.463. The zero-order valence-electron chi connectivity index (χ0n) is 12.4. The summed E-state index contributed by atoms with van der Waals surface area (Å²) in [6, 6.07) is 4.95. The topological polar surface area (TPSA) is 32.3 Å². The molecule has 1 saturated heterocycles. The number of rotatable bonds is 6. The van der Waals surface area contributed by atoms with Gasteiger partial charge in [-0.15, -0.1) is 0 Å². The second kappa shape index (κ2) is 7.90. The zero-order valence-corrected chi connectivity index (χ0v) is 14.0. The van der Waals surface area contributed by atoms with E-state index in [0.29, 0.717) is 23.6 Å². The van der Waals surface area contributed by atoms with Crippen molar-refractivity contribution in [1.82, 2.24) is 10.2 Å². The fourth-order valence-corrected chi connectivity index (χ4v) is 2.97. The minimum Gasteiger partial charge on any atom is -0.337 e. The Morgan fingerprint density at radius 2 is 2.33 bits per heavy atom. The summed E-state index contributed by atoms with van der Waals surface area (Å²) in [4.78, 5) is 14.4. The van der Waals surface area contributed by atoms with Crippen LogP contribution in [-0.2, 0) is 0 Å². The lowest BCUT2D eigenvalue weighted by molar-refractivity contribution is 0.0734. The standard InChI is InChI=1S/C16H22BrFN2O/c1-2-3-9-20(11-13-5-4-8-19-13)16(21)14-7-6-12(17)10-15(14)18/h6-7,10,13,19H,2-5,8-9,11H2,1H3. The van der Waals surface area contributed by atoms with E-state index in [1.54, 1.807) is 17.0 Å². The van der Waals surface area contributed by atoms with Crippen LogP contribution in [-0.4, -0.2) is 36.5 Å². The van der Waals surface area contributed by atoms with Gasteiger partial charge in [0.15, 0.2) is 0 Å². The van der Waals surface area contributed by atoms with Crippen LogP contribution in [0.15, 0.2) is 22.7 Å². The van der Waals surface area contributed by atoms with Crippen molar-refractivity contribution in [3.05, 3.63) is 34.1 Å². The number of hydrogen-bond donors (Lipinski definition) is 1. The highest BCUT2D eigenvalue weighted by atomic mass is 79.9. The molecule has 5 heteroatoms. The Labute approximate surface area is 134 Å². The molecule has 1 aromatic rings. The number of amides is 1. The molecule has 1 unspecified atom stereocenters. The highest BCUT2D eigenvalue weighted by Gasteiger charge is 2.23. The molecule has 0 aliphatic carbocycles. The van der Waals surface area contributed by atoms with Crippen molar-refractivity contribution >= 4 is 21.8 Å². The number of hydrogen-bond acceptors (Lipinski definition) is 2. The fourth-order valence-electron chi connectivity index (χ4n) is 2.64. The van der Waals surface area contributed by atoms with Crippen LogP contribution >= 0.6 is 15.9 Å². The number of nitrogens with one attached hydrogen (secondary N) is 1. The van der Waals surface area contributed by atoms with Gasteiger partial charge in [-0.1, -0.05) is 29.3 Å². The Bertz CT molecular complexity index is 489. The molecule has 1 aromatic carbocycles. The first kappa shape index (κ1) is 16.4. The van der Waals surface area contributed by atoms with E-state index in [9.17, 15) is 9.18 Å². The Morgan fingerprint density at radius 3 is 2.95 bits per heavy atom. The van der Waals surface area contributed by atoms with Gasteiger partial charge in [-0.3, -0.25) is 4.79 Å². The SMILES string of the molecule is CCCCN(CC1CCCN1)C(=O)c1ccc(Br)cc1F. The van der Waals surface area contributed by atoms with E-state index in [2.05, 4.69) is 28.2 Å². The van der Waals surface area contributed by atoms with Crippen LogP contribution in [0.3, 0.4) is 0 Å². The van der Waals surface area contributed by atoms with Crippen molar-refractivity contribution < 1.29 is 9.18 Å². The maximum atomic E-state index is 14.0. The van der Waals surface area contributed by atoms with Gasteiger partial charge in [-0.2, -0.15) is 0 Å². The molecule has 0 saturated carbocycles. The van der Waals surface area contributed by atoms with Crippen LogP contribution < -0.4 is 5.32 Å². The summed E-state index contributed by atoms with van der Waals surface area (Å²) in [6.45, 7) is 4.45. The molecule has 1 aliphatic rings. The summed E-state index contributed by atoms with van der Waals surface area (Å²) in [7, 11) is 0. The lowest BCUT2D eigenvalue weighted by Crippen LogP contribution is -2.41. The largest absolute Gasteiger partial charge is 0.337 e. The molecule has 3 nitrogen and oxygen atoms in total. The number of benzene rings is 1. The average Bonchev–Trinajstić information content (AvgIpc) is 2.95. The minimum absolute atomic E-state index is 0.160. The number of halogens is 2. The maximum absolute atomic E-state index is 14.0. The van der Waals surface area contributed by atoms with Gasteiger partial charge >= 0.3 is 0 Å². The van der Waals surface area contributed by atoms with Gasteiger partial charge in [0.1, 0.15) is 5.82 Å². The lowest BCUT2D eigenvalue weighted by atomic mass is 10.1. The first-order valence-electron chi connectivity index (χ1n) is 7.59. The van der Waals surface area contributed by atoms with Crippen LogP contribution in [0.5, 0.6) is 0 Å². The second-order valence-corrected chi connectivity index (χ2v) is 6.44. The van der Waals surface area contributed by atoms with Gasteiger partial charge in [0.25, 0.3) is 5.91 Å². The zero-order chi connectivity index (χ0) is 15.2. The molecule has 0 spiro atoms. The normalized spacial score (nSPS) is 18.0. The molecule has 1 atom stereocenters. The average molecular weight is 357 g/mol. The summed E-state index contributed by atoms with van der Waals surface area (Å²) in [5.74, 6) is -0.669. The van der Waals surface area contributed by atoms with E-state index < -0.39 is 5.82 Å². The molecule has 0 bridgehead atoms. The first-order chi connectivity index (χ1) is 10.1. The molecule has 0 aromatic heterocycles. The van der Waals surface area contributed by atoms with Crippen molar-refractivity contribution in [1.29, 1.82) is 0 Å². The molecule has 21 heavy (non-hydrogen) atoms. The van der Waals surface area contributed by atoms with Gasteiger partial charge in [-0.05, 0) is 44.0 Å². The highest BCUT2D eigenvalue weighted by Crippen LogP contribution is 2.18. The third kappa shape index (κ3) is 4.51. The Morgan fingerprint density at radius 1 is 1.52 bits per heavy atom. The fraction of sp³-hybridized carbons (Fsp3) is 0.562. The maximum Gasteiger partial charge on any atom is 0.256 e. The molecular formula is C16H22BrFN2O. The van der Waals surface area contributed by atoms with Crippen LogP contribution in [0.2, 0.25) is 0 Å². The third-order valence-corrected chi connectivity index (χ3v) is 4.33. The van der Waals surface area contributed by atoms with E-state index >= 15 is 0 Å². The van der Waals surface area contributed by atoms with Gasteiger partial charge in [0.2, 0.25) is 0 Å². The van der Waals surface area contributed by atoms with Crippen LogP contribution in [0.4, 0.5) is 4.39 Å². The van der Waals surface area contributed by atoms with E-state index in [1.165, 1.54) is 6.07 Å².